The van der Waals surface area contributed by atoms with Gasteiger partial charge in [0.1, 0.15) is 12.4 Å². The largest absolute Gasteiger partial charge is 0.371 e. The lowest BCUT2D eigenvalue weighted by atomic mass is 10.1. The predicted molar refractivity (Wildman–Crippen MR) is 51.6 cm³/mol. The van der Waals surface area contributed by atoms with Gasteiger partial charge in [0.25, 0.3) is 0 Å². The van der Waals surface area contributed by atoms with E-state index in [1.165, 1.54) is 0 Å². The van der Waals surface area contributed by atoms with Crippen LogP contribution in [0.4, 0.5) is 0 Å². The van der Waals surface area contributed by atoms with E-state index in [0.29, 0.717) is 13.0 Å². The van der Waals surface area contributed by atoms with Crippen LogP contribution in [0.25, 0.3) is 0 Å². The van der Waals surface area contributed by atoms with Crippen molar-refractivity contribution in [2.24, 2.45) is 0 Å². The SMILES string of the molecule is CCOC(C=O)Cc1ccccc1. The first-order valence-corrected chi connectivity index (χ1v) is 4.47. The smallest absolute Gasteiger partial charge is 0.149 e. The van der Waals surface area contributed by atoms with E-state index in [2.05, 4.69) is 0 Å². The molecule has 0 aliphatic heterocycles. The molecule has 0 heterocycles. The molecule has 1 aromatic carbocycles. The Morgan fingerprint density at radius 1 is 1.38 bits per heavy atom. The molecule has 0 aromatic heterocycles. The highest BCUT2D eigenvalue weighted by Gasteiger charge is 2.06. The molecule has 0 fully saturated rings. The van der Waals surface area contributed by atoms with Crippen LogP contribution < -0.4 is 0 Å². The lowest BCUT2D eigenvalue weighted by Gasteiger charge is -2.09. The molecule has 0 aliphatic carbocycles. The minimum Gasteiger partial charge on any atom is -0.371 e. The van der Waals surface area contributed by atoms with Crippen molar-refractivity contribution in [2.45, 2.75) is 19.4 Å². The van der Waals surface area contributed by atoms with Crippen molar-refractivity contribution in [1.29, 1.82) is 0 Å². The minimum absolute atomic E-state index is 0.299. The number of carbonyl (C=O) groups is 1. The quantitative estimate of drug-likeness (QED) is 0.643. The van der Waals surface area contributed by atoms with Crippen molar-refractivity contribution >= 4 is 6.29 Å². The summed E-state index contributed by atoms with van der Waals surface area (Å²) in [6, 6.07) is 9.87. The normalized spacial score (nSPS) is 12.4. The van der Waals surface area contributed by atoms with Crippen LogP contribution in [-0.2, 0) is 16.0 Å². The van der Waals surface area contributed by atoms with Gasteiger partial charge in [-0.3, -0.25) is 0 Å². The third-order valence-electron chi connectivity index (χ3n) is 1.81. The van der Waals surface area contributed by atoms with Gasteiger partial charge in [0, 0.05) is 13.0 Å². The molecule has 0 saturated heterocycles. The Balaban J connectivity index is 2.51. The van der Waals surface area contributed by atoms with Crippen molar-refractivity contribution in [3.8, 4) is 0 Å². The van der Waals surface area contributed by atoms with E-state index in [-0.39, 0.29) is 6.10 Å². The van der Waals surface area contributed by atoms with Crippen LogP contribution in [0.1, 0.15) is 12.5 Å². The van der Waals surface area contributed by atoms with Crippen LogP contribution in [0, 0.1) is 0 Å². The topological polar surface area (TPSA) is 26.3 Å². The molecule has 0 saturated carbocycles. The molecule has 1 unspecified atom stereocenters. The second-order valence-electron chi connectivity index (χ2n) is 2.82. The van der Waals surface area contributed by atoms with Gasteiger partial charge in [0.05, 0.1) is 0 Å². The second kappa shape index (κ2) is 5.49. The summed E-state index contributed by atoms with van der Waals surface area (Å²) >= 11 is 0. The zero-order valence-corrected chi connectivity index (χ0v) is 7.77. The first-order valence-electron chi connectivity index (χ1n) is 4.47. The first-order chi connectivity index (χ1) is 6.36. The molecule has 0 bridgehead atoms. The van der Waals surface area contributed by atoms with Crippen LogP contribution in [0.2, 0.25) is 0 Å². The highest BCUT2D eigenvalue weighted by atomic mass is 16.5. The van der Waals surface area contributed by atoms with E-state index in [0.717, 1.165) is 11.8 Å². The van der Waals surface area contributed by atoms with Crippen molar-refractivity contribution in [3.63, 3.8) is 0 Å². The Hall–Kier alpha value is -1.15. The highest BCUT2D eigenvalue weighted by Crippen LogP contribution is 2.04. The Morgan fingerprint density at radius 3 is 2.62 bits per heavy atom. The molecule has 1 rings (SSSR count). The molecule has 1 atom stereocenters. The average Bonchev–Trinajstić information content (AvgIpc) is 2.19. The van der Waals surface area contributed by atoms with Gasteiger partial charge in [0.15, 0.2) is 0 Å². The molecule has 0 amide bonds. The average molecular weight is 178 g/mol. The number of aldehydes is 1. The Labute approximate surface area is 78.5 Å². The maximum atomic E-state index is 10.6. The molecule has 0 radical (unpaired) electrons. The third-order valence-corrected chi connectivity index (χ3v) is 1.81. The number of hydrogen-bond acceptors (Lipinski definition) is 2. The molecule has 0 aliphatic rings. The lowest BCUT2D eigenvalue weighted by Crippen LogP contribution is -2.17. The van der Waals surface area contributed by atoms with E-state index in [1.807, 2.05) is 37.3 Å². The Bertz CT molecular complexity index is 244. The van der Waals surface area contributed by atoms with E-state index in [4.69, 9.17) is 4.74 Å². The Kier molecular flexibility index (Phi) is 4.19. The van der Waals surface area contributed by atoms with Gasteiger partial charge in [-0.1, -0.05) is 30.3 Å². The van der Waals surface area contributed by atoms with Crippen LogP contribution in [0.3, 0.4) is 0 Å². The summed E-state index contributed by atoms with van der Waals surface area (Å²) in [7, 11) is 0. The summed E-state index contributed by atoms with van der Waals surface area (Å²) in [5, 5.41) is 0. The van der Waals surface area contributed by atoms with Gasteiger partial charge < -0.3 is 9.53 Å². The fourth-order valence-electron chi connectivity index (χ4n) is 1.21. The van der Waals surface area contributed by atoms with Gasteiger partial charge in [-0.05, 0) is 12.5 Å². The fraction of sp³-hybridized carbons (Fsp3) is 0.364. The maximum absolute atomic E-state index is 10.6. The fourth-order valence-corrected chi connectivity index (χ4v) is 1.21. The summed E-state index contributed by atoms with van der Waals surface area (Å²) in [5.74, 6) is 0. The van der Waals surface area contributed by atoms with Crippen LogP contribution in [0.15, 0.2) is 30.3 Å². The summed E-state index contributed by atoms with van der Waals surface area (Å²) in [6.45, 7) is 2.47. The van der Waals surface area contributed by atoms with Crippen LogP contribution in [0.5, 0.6) is 0 Å². The van der Waals surface area contributed by atoms with Crippen LogP contribution in [-0.4, -0.2) is 19.0 Å². The molecule has 2 nitrogen and oxygen atoms in total. The molecule has 0 N–H and O–H groups in total. The van der Waals surface area contributed by atoms with Crippen LogP contribution >= 0.6 is 0 Å². The molecule has 0 spiro atoms. The monoisotopic (exact) mass is 178 g/mol. The zero-order chi connectivity index (χ0) is 9.52. The Morgan fingerprint density at radius 2 is 2.08 bits per heavy atom. The number of carbonyl (C=O) groups excluding carboxylic acids is 1. The predicted octanol–water partition coefficient (Wildman–Crippen LogP) is 1.83. The minimum atomic E-state index is -0.299. The molecule has 13 heavy (non-hydrogen) atoms. The van der Waals surface area contributed by atoms with Gasteiger partial charge >= 0.3 is 0 Å². The number of ether oxygens (including phenoxy) is 1. The lowest BCUT2D eigenvalue weighted by molar-refractivity contribution is -0.117. The zero-order valence-electron chi connectivity index (χ0n) is 7.77. The molecular formula is C11H14O2. The summed E-state index contributed by atoms with van der Waals surface area (Å²) in [6.07, 6.45) is 1.22. The number of hydrogen-bond donors (Lipinski definition) is 0. The second-order valence-corrected chi connectivity index (χ2v) is 2.82. The molecular weight excluding hydrogens is 164 g/mol. The summed E-state index contributed by atoms with van der Waals surface area (Å²) in [5.41, 5.74) is 1.13. The standard InChI is InChI=1S/C11H14O2/c1-2-13-11(9-12)8-10-6-4-3-5-7-10/h3-7,9,11H,2,8H2,1H3. The third kappa shape index (κ3) is 3.38. The van der Waals surface area contributed by atoms with E-state index < -0.39 is 0 Å². The molecule has 1 aromatic rings. The van der Waals surface area contributed by atoms with Crippen molar-refractivity contribution in [2.75, 3.05) is 6.61 Å². The first kappa shape index (κ1) is 9.93. The maximum Gasteiger partial charge on any atom is 0.149 e. The number of benzene rings is 1. The van der Waals surface area contributed by atoms with Gasteiger partial charge in [0.2, 0.25) is 0 Å². The van der Waals surface area contributed by atoms with Crippen molar-refractivity contribution in [1.82, 2.24) is 0 Å². The number of rotatable bonds is 5. The van der Waals surface area contributed by atoms with E-state index in [1.54, 1.807) is 0 Å². The molecule has 2 heteroatoms. The van der Waals surface area contributed by atoms with Gasteiger partial charge in [-0.25, -0.2) is 0 Å². The van der Waals surface area contributed by atoms with Crippen molar-refractivity contribution in [3.05, 3.63) is 35.9 Å². The van der Waals surface area contributed by atoms with Crippen molar-refractivity contribution < 1.29 is 9.53 Å². The van der Waals surface area contributed by atoms with Gasteiger partial charge in [-0.15, -0.1) is 0 Å². The highest BCUT2D eigenvalue weighted by molar-refractivity contribution is 5.56. The molecule has 70 valence electrons. The van der Waals surface area contributed by atoms with Gasteiger partial charge in [-0.2, -0.15) is 0 Å². The van der Waals surface area contributed by atoms with E-state index in [9.17, 15) is 4.79 Å². The van der Waals surface area contributed by atoms with E-state index >= 15 is 0 Å². The summed E-state index contributed by atoms with van der Waals surface area (Å²) < 4.78 is 5.23. The summed E-state index contributed by atoms with van der Waals surface area (Å²) in [4.78, 5) is 10.6.